The van der Waals surface area contributed by atoms with Gasteiger partial charge in [0.2, 0.25) is 0 Å². The number of rotatable bonds is 4. The fraction of sp³-hybridized carbons (Fsp3) is 0.471. The first-order chi connectivity index (χ1) is 8.77. The first-order valence-electron chi connectivity index (χ1n) is 6.65. The molecule has 0 bridgehead atoms. The number of esters is 1. The molecule has 0 aliphatic heterocycles. The quantitative estimate of drug-likeness (QED) is 0.606. The molecule has 2 nitrogen and oxygen atoms in total. The number of ether oxygens (including phenoxy) is 1. The van der Waals surface area contributed by atoms with Crippen LogP contribution in [0.3, 0.4) is 0 Å². The highest BCUT2D eigenvalue weighted by molar-refractivity contribution is 5.86. The summed E-state index contributed by atoms with van der Waals surface area (Å²) in [5.41, 5.74) is 8.41. The van der Waals surface area contributed by atoms with E-state index in [0.29, 0.717) is 12.2 Å². The van der Waals surface area contributed by atoms with Gasteiger partial charge in [-0.05, 0) is 74.9 Å². The van der Waals surface area contributed by atoms with Gasteiger partial charge in [0.25, 0.3) is 0 Å². The van der Waals surface area contributed by atoms with E-state index in [9.17, 15) is 4.79 Å². The third-order valence-corrected chi connectivity index (χ3v) is 4.09. The predicted octanol–water partition coefficient (Wildman–Crippen LogP) is 3.89. The molecule has 104 valence electrons. The third-order valence-electron chi connectivity index (χ3n) is 4.09. The van der Waals surface area contributed by atoms with Gasteiger partial charge in [0, 0.05) is 12.0 Å². The predicted molar refractivity (Wildman–Crippen MR) is 79.6 cm³/mol. The number of hydrogen-bond donors (Lipinski definition) is 0. The van der Waals surface area contributed by atoms with Crippen molar-refractivity contribution in [3.8, 4) is 0 Å². The van der Waals surface area contributed by atoms with E-state index in [2.05, 4.69) is 41.2 Å². The summed E-state index contributed by atoms with van der Waals surface area (Å²) in [7, 11) is 0. The van der Waals surface area contributed by atoms with Crippen LogP contribution in [-0.4, -0.2) is 12.6 Å². The van der Waals surface area contributed by atoms with Crippen molar-refractivity contribution < 1.29 is 9.53 Å². The van der Waals surface area contributed by atoms with Crippen molar-refractivity contribution in [1.29, 1.82) is 0 Å². The maximum Gasteiger partial charge on any atom is 0.333 e. The molecule has 0 heterocycles. The van der Waals surface area contributed by atoms with Crippen LogP contribution in [0.25, 0.3) is 0 Å². The third kappa shape index (κ3) is 3.25. The zero-order valence-corrected chi connectivity index (χ0v) is 12.9. The molecule has 0 N–H and O–H groups in total. The van der Waals surface area contributed by atoms with Gasteiger partial charge in [-0.25, -0.2) is 4.79 Å². The van der Waals surface area contributed by atoms with Gasteiger partial charge >= 0.3 is 5.97 Å². The second-order valence-corrected chi connectivity index (χ2v) is 5.27. The Morgan fingerprint density at radius 1 is 0.947 bits per heavy atom. The SMILES string of the molecule is C=C(C)C(=O)OCCc1c(C)c(C)c(C)c(C)c1C. The Morgan fingerprint density at radius 3 is 1.79 bits per heavy atom. The average Bonchev–Trinajstić information content (AvgIpc) is 2.37. The number of carbonyl (C=O) groups excluding carboxylic acids is 1. The van der Waals surface area contributed by atoms with E-state index in [1.807, 2.05) is 0 Å². The molecule has 0 amide bonds. The van der Waals surface area contributed by atoms with Crippen LogP contribution in [0.15, 0.2) is 12.2 Å². The van der Waals surface area contributed by atoms with E-state index < -0.39 is 0 Å². The van der Waals surface area contributed by atoms with Crippen molar-refractivity contribution in [3.05, 3.63) is 45.5 Å². The van der Waals surface area contributed by atoms with Crippen molar-refractivity contribution in [1.82, 2.24) is 0 Å². The van der Waals surface area contributed by atoms with Crippen molar-refractivity contribution >= 4 is 5.97 Å². The second-order valence-electron chi connectivity index (χ2n) is 5.27. The molecule has 0 aliphatic rings. The molecule has 0 aromatic heterocycles. The van der Waals surface area contributed by atoms with Crippen LogP contribution in [0.2, 0.25) is 0 Å². The van der Waals surface area contributed by atoms with Gasteiger partial charge in [-0.15, -0.1) is 0 Å². The summed E-state index contributed by atoms with van der Waals surface area (Å²) >= 11 is 0. The lowest BCUT2D eigenvalue weighted by Crippen LogP contribution is -2.11. The van der Waals surface area contributed by atoms with E-state index in [4.69, 9.17) is 4.74 Å². The molecule has 1 aromatic carbocycles. The van der Waals surface area contributed by atoms with Gasteiger partial charge in [-0.2, -0.15) is 0 Å². The van der Waals surface area contributed by atoms with Crippen LogP contribution in [0.4, 0.5) is 0 Å². The Labute approximate surface area is 116 Å². The normalized spacial score (nSPS) is 10.4. The van der Waals surface area contributed by atoms with Gasteiger partial charge in [-0.1, -0.05) is 6.58 Å². The minimum Gasteiger partial charge on any atom is -0.462 e. The molecule has 0 aliphatic carbocycles. The van der Waals surface area contributed by atoms with Gasteiger partial charge in [0.1, 0.15) is 0 Å². The first-order valence-corrected chi connectivity index (χ1v) is 6.65. The van der Waals surface area contributed by atoms with E-state index in [-0.39, 0.29) is 5.97 Å². The molecule has 0 fully saturated rings. The van der Waals surface area contributed by atoms with E-state index in [1.54, 1.807) is 6.92 Å². The highest BCUT2D eigenvalue weighted by Gasteiger charge is 2.12. The summed E-state index contributed by atoms with van der Waals surface area (Å²) in [6, 6.07) is 0. The summed E-state index contributed by atoms with van der Waals surface area (Å²) in [5.74, 6) is -0.309. The maximum absolute atomic E-state index is 11.4. The zero-order valence-electron chi connectivity index (χ0n) is 12.9. The van der Waals surface area contributed by atoms with E-state index in [0.717, 1.165) is 6.42 Å². The lowest BCUT2D eigenvalue weighted by Gasteiger charge is -2.18. The molecule has 2 heteroatoms. The fourth-order valence-electron chi connectivity index (χ4n) is 2.32. The molecule has 19 heavy (non-hydrogen) atoms. The molecule has 1 rings (SSSR count). The lowest BCUT2D eigenvalue weighted by atomic mass is 9.88. The Balaban J connectivity index is 2.91. The van der Waals surface area contributed by atoms with Crippen LogP contribution >= 0.6 is 0 Å². The standard InChI is InChI=1S/C17H24O2/c1-10(2)17(18)19-9-8-16-14(6)12(4)11(3)13(5)15(16)7/h1,8-9H2,2-7H3. The smallest absolute Gasteiger partial charge is 0.333 e. The summed E-state index contributed by atoms with van der Waals surface area (Å²) < 4.78 is 5.19. The van der Waals surface area contributed by atoms with Crippen LogP contribution in [0.5, 0.6) is 0 Å². The molecular weight excluding hydrogens is 236 g/mol. The van der Waals surface area contributed by atoms with E-state index >= 15 is 0 Å². The minimum absolute atomic E-state index is 0.309. The maximum atomic E-state index is 11.4. The van der Waals surface area contributed by atoms with Crippen molar-refractivity contribution in [2.45, 2.75) is 48.0 Å². The minimum atomic E-state index is -0.309. The van der Waals surface area contributed by atoms with Crippen molar-refractivity contribution in [2.24, 2.45) is 0 Å². The molecule has 0 saturated heterocycles. The number of benzene rings is 1. The molecule has 0 atom stereocenters. The Morgan fingerprint density at radius 2 is 1.37 bits per heavy atom. The first kappa shape index (κ1) is 15.5. The summed E-state index contributed by atoms with van der Waals surface area (Å²) in [4.78, 5) is 11.4. The highest BCUT2D eigenvalue weighted by Crippen LogP contribution is 2.26. The lowest BCUT2D eigenvalue weighted by molar-refractivity contribution is -0.138. The fourth-order valence-corrected chi connectivity index (χ4v) is 2.32. The second kappa shape index (κ2) is 6.05. The molecule has 0 radical (unpaired) electrons. The van der Waals surface area contributed by atoms with Gasteiger partial charge in [0.05, 0.1) is 6.61 Å². The molecule has 0 saturated carbocycles. The molecule has 0 spiro atoms. The Hall–Kier alpha value is -1.57. The largest absolute Gasteiger partial charge is 0.462 e. The van der Waals surface area contributed by atoms with E-state index in [1.165, 1.54) is 33.4 Å². The molecule has 1 aromatic rings. The average molecular weight is 260 g/mol. The van der Waals surface area contributed by atoms with Crippen LogP contribution < -0.4 is 0 Å². The molecule has 0 unspecified atom stereocenters. The van der Waals surface area contributed by atoms with Crippen molar-refractivity contribution in [2.75, 3.05) is 6.61 Å². The van der Waals surface area contributed by atoms with Crippen molar-refractivity contribution in [3.63, 3.8) is 0 Å². The van der Waals surface area contributed by atoms with Crippen LogP contribution in [0.1, 0.15) is 40.3 Å². The zero-order chi connectivity index (χ0) is 14.7. The Kier molecular flexibility index (Phi) is 4.93. The Bertz CT molecular complexity index is 496. The highest BCUT2D eigenvalue weighted by atomic mass is 16.5. The molecular formula is C17H24O2. The number of carbonyl (C=O) groups is 1. The van der Waals surface area contributed by atoms with Gasteiger partial charge < -0.3 is 4.74 Å². The van der Waals surface area contributed by atoms with Gasteiger partial charge in [-0.3, -0.25) is 0 Å². The summed E-state index contributed by atoms with van der Waals surface area (Å²) in [6.07, 6.45) is 0.763. The van der Waals surface area contributed by atoms with Crippen LogP contribution in [-0.2, 0) is 16.0 Å². The number of hydrogen-bond acceptors (Lipinski definition) is 2. The topological polar surface area (TPSA) is 26.3 Å². The van der Waals surface area contributed by atoms with Crippen LogP contribution in [0, 0.1) is 34.6 Å². The summed E-state index contributed by atoms with van der Waals surface area (Å²) in [6.45, 7) is 16.4. The monoisotopic (exact) mass is 260 g/mol. The van der Waals surface area contributed by atoms with Gasteiger partial charge in [0.15, 0.2) is 0 Å². The summed E-state index contributed by atoms with van der Waals surface area (Å²) in [5, 5.41) is 0.